The molecule has 0 amide bonds. The van der Waals surface area contributed by atoms with Gasteiger partial charge in [-0.2, -0.15) is 0 Å². The predicted octanol–water partition coefficient (Wildman–Crippen LogP) is 2.64. The molecule has 2 aromatic rings. The fourth-order valence-electron chi connectivity index (χ4n) is 2.81. The average molecular weight is 331 g/mol. The zero-order valence-electron chi connectivity index (χ0n) is 13.5. The molecule has 1 N–H and O–H groups in total. The van der Waals surface area contributed by atoms with E-state index in [1.165, 1.54) is 12.1 Å². The Balaban J connectivity index is 1.48. The van der Waals surface area contributed by atoms with E-state index in [1.54, 1.807) is 12.1 Å². The maximum absolute atomic E-state index is 13.0. The normalized spacial score (nSPS) is 19.8. The summed E-state index contributed by atoms with van der Waals surface area (Å²) in [6, 6.07) is 15.8. The maximum atomic E-state index is 13.0. The molecule has 0 spiro atoms. The number of ether oxygens (including phenoxy) is 2. The quantitative estimate of drug-likeness (QED) is 0.884. The second-order valence-corrected chi connectivity index (χ2v) is 5.95. The maximum Gasteiger partial charge on any atom is 0.123 e. The molecule has 5 heteroatoms. The Labute approximate surface area is 141 Å². The zero-order chi connectivity index (χ0) is 16.8. The van der Waals surface area contributed by atoms with Gasteiger partial charge in [0, 0.05) is 19.6 Å². The van der Waals surface area contributed by atoms with Crippen LogP contribution in [0.2, 0.25) is 0 Å². The summed E-state index contributed by atoms with van der Waals surface area (Å²) in [6.07, 6.45) is -0.668. The van der Waals surface area contributed by atoms with Crippen LogP contribution in [-0.4, -0.2) is 49.0 Å². The molecule has 4 nitrogen and oxygen atoms in total. The number of benzene rings is 2. The van der Waals surface area contributed by atoms with Crippen LogP contribution in [0.5, 0.6) is 5.75 Å². The Morgan fingerprint density at radius 1 is 1.17 bits per heavy atom. The number of β-amino-alcohol motifs (C(OH)–C–C–N with tert-alkyl or cyclic N) is 1. The largest absolute Gasteiger partial charge is 0.491 e. The van der Waals surface area contributed by atoms with Crippen molar-refractivity contribution in [2.45, 2.75) is 12.2 Å². The zero-order valence-corrected chi connectivity index (χ0v) is 13.5. The minimum Gasteiger partial charge on any atom is -0.491 e. The molecule has 1 fully saturated rings. The van der Waals surface area contributed by atoms with Crippen molar-refractivity contribution in [2.75, 3.05) is 32.8 Å². The van der Waals surface area contributed by atoms with Crippen LogP contribution < -0.4 is 4.74 Å². The van der Waals surface area contributed by atoms with Crippen LogP contribution in [-0.2, 0) is 4.74 Å². The first kappa shape index (κ1) is 16.9. The van der Waals surface area contributed by atoms with Crippen molar-refractivity contribution in [1.29, 1.82) is 0 Å². The van der Waals surface area contributed by atoms with Gasteiger partial charge >= 0.3 is 0 Å². The predicted molar refractivity (Wildman–Crippen MR) is 89.5 cm³/mol. The lowest BCUT2D eigenvalue weighted by Gasteiger charge is -2.34. The third-order valence-corrected chi connectivity index (χ3v) is 4.05. The fraction of sp³-hybridized carbons (Fsp3) is 0.368. The summed E-state index contributed by atoms with van der Waals surface area (Å²) in [5, 5.41) is 10.2. The molecule has 128 valence electrons. The summed E-state index contributed by atoms with van der Waals surface area (Å²) < 4.78 is 24.4. The van der Waals surface area contributed by atoms with Gasteiger partial charge in [0.05, 0.1) is 12.7 Å². The van der Waals surface area contributed by atoms with Crippen molar-refractivity contribution in [3.05, 3.63) is 66.0 Å². The minimum absolute atomic E-state index is 0.0957. The van der Waals surface area contributed by atoms with Crippen molar-refractivity contribution < 1.29 is 19.0 Å². The van der Waals surface area contributed by atoms with Gasteiger partial charge in [-0.3, -0.25) is 4.90 Å². The molecule has 1 aliphatic rings. The Bertz CT molecular complexity index is 620. The van der Waals surface area contributed by atoms with E-state index >= 15 is 0 Å². The second-order valence-electron chi connectivity index (χ2n) is 5.95. The van der Waals surface area contributed by atoms with Gasteiger partial charge in [-0.1, -0.05) is 30.3 Å². The first-order valence-electron chi connectivity index (χ1n) is 8.16. The van der Waals surface area contributed by atoms with E-state index in [0.29, 0.717) is 19.7 Å². The summed E-state index contributed by atoms with van der Waals surface area (Å²) in [7, 11) is 0. The number of nitrogens with zero attached hydrogens (tertiary/aromatic N) is 1. The Morgan fingerprint density at radius 3 is 2.67 bits per heavy atom. The summed E-state index contributed by atoms with van der Waals surface area (Å²) in [6.45, 7) is 2.80. The molecule has 1 aliphatic heterocycles. The van der Waals surface area contributed by atoms with Crippen molar-refractivity contribution >= 4 is 0 Å². The van der Waals surface area contributed by atoms with Crippen LogP contribution in [0.3, 0.4) is 0 Å². The molecule has 1 saturated heterocycles. The Kier molecular flexibility index (Phi) is 5.80. The number of halogens is 1. The van der Waals surface area contributed by atoms with E-state index < -0.39 is 6.10 Å². The number of hydrogen-bond donors (Lipinski definition) is 1. The van der Waals surface area contributed by atoms with Crippen LogP contribution >= 0.6 is 0 Å². The van der Waals surface area contributed by atoms with E-state index in [1.807, 2.05) is 30.3 Å². The van der Waals surface area contributed by atoms with Gasteiger partial charge in [-0.05, 0) is 29.8 Å². The number of morpholine rings is 1. The molecule has 2 unspecified atom stereocenters. The molecule has 3 rings (SSSR count). The number of aliphatic hydroxyl groups excluding tert-OH is 1. The number of para-hydroxylation sites is 1. The molecular weight excluding hydrogens is 309 g/mol. The van der Waals surface area contributed by atoms with Gasteiger partial charge in [0.25, 0.3) is 0 Å². The monoisotopic (exact) mass is 331 g/mol. The van der Waals surface area contributed by atoms with Crippen LogP contribution in [0.15, 0.2) is 54.6 Å². The van der Waals surface area contributed by atoms with E-state index in [0.717, 1.165) is 17.9 Å². The van der Waals surface area contributed by atoms with Crippen LogP contribution in [0.25, 0.3) is 0 Å². The van der Waals surface area contributed by atoms with Crippen molar-refractivity contribution in [1.82, 2.24) is 4.90 Å². The molecule has 0 saturated carbocycles. The molecule has 24 heavy (non-hydrogen) atoms. The summed E-state index contributed by atoms with van der Waals surface area (Å²) in [5.74, 6) is 0.502. The van der Waals surface area contributed by atoms with Crippen molar-refractivity contribution in [2.24, 2.45) is 0 Å². The Hall–Kier alpha value is -1.95. The van der Waals surface area contributed by atoms with E-state index in [4.69, 9.17) is 9.47 Å². The smallest absolute Gasteiger partial charge is 0.123 e. The molecule has 2 atom stereocenters. The second kappa shape index (κ2) is 8.24. The number of hydrogen-bond acceptors (Lipinski definition) is 4. The van der Waals surface area contributed by atoms with E-state index in [-0.39, 0.29) is 18.5 Å². The van der Waals surface area contributed by atoms with Crippen LogP contribution in [0, 0.1) is 5.82 Å². The van der Waals surface area contributed by atoms with Crippen LogP contribution in [0.4, 0.5) is 4.39 Å². The van der Waals surface area contributed by atoms with Crippen molar-refractivity contribution in [3.63, 3.8) is 0 Å². The molecule has 0 aromatic heterocycles. The van der Waals surface area contributed by atoms with Crippen LogP contribution in [0.1, 0.15) is 11.7 Å². The highest BCUT2D eigenvalue weighted by molar-refractivity contribution is 5.21. The standard InChI is InChI=1S/C19H22FNO3/c20-16-8-6-15(7-9-16)19-13-21(10-11-23-19)12-17(22)14-24-18-4-2-1-3-5-18/h1-9,17,19,22H,10-14H2. The average Bonchev–Trinajstić information content (AvgIpc) is 2.62. The van der Waals surface area contributed by atoms with Gasteiger partial charge in [0.2, 0.25) is 0 Å². The van der Waals surface area contributed by atoms with Gasteiger partial charge in [0.1, 0.15) is 24.3 Å². The lowest BCUT2D eigenvalue weighted by molar-refractivity contribution is -0.0459. The lowest BCUT2D eigenvalue weighted by atomic mass is 10.1. The molecule has 0 bridgehead atoms. The van der Waals surface area contributed by atoms with Gasteiger partial charge < -0.3 is 14.6 Å². The third kappa shape index (κ3) is 4.77. The third-order valence-electron chi connectivity index (χ3n) is 4.05. The number of rotatable bonds is 6. The summed E-state index contributed by atoms with van der Waals surface area (Å²) in [5.41, 5.74) is 0.955. The Morgan fingerprint density at radius 2 is 1.92 bits per heavy atom. The van der Waals surface area contributed by atoms with Gasteiger partial charge in [-0.25, -0.2) is 4.39 Å². The minimum atomic E-state index is -0.572. The SMILES string of the molecule is OC(COc1ccccc1)CN1CCOC(c2ccc(F)cc2)C1. The first-order valence-corrected chi connectivity index (χ1v) is 8.16. The van der Waals surface area contributed by atoms with E-state index in [9.17, 15) is 9.50 Å². The fourth-order valence-corrected chi connectivity index (χ4v) is 2.81. The van der Waals surface area contributed by atoms with Gasteiger partial charge in [0.15, 0.2) is 0 Å². The highest BCUT2D eigenvalue weighted by Gasteiger charge is 2.23. The molecular formula is C19H22FNO3. The summed E-state index contributed by atoms with van der Waals surface area (Å²) >= 11 is 0. The van der Waals surface area contributed by atoms with Crippen molar-refractivity contribution in [3.8, 4) is 5.75 Å². The first-order chi connectivity index (χ1) is 11.7. The molecule has 0 aliphatic carbocycles. The number of aliphatic hydroxyl groups is 1. The van der Waals surface area contributed by atoms with E-state index in [2.05, 4.69) is 4.90 Å². The highest BCUT2D eigenvalue weighted by atomic mass is 19.1. The summed E-state index contributed by atoms with van der Waals surface area (Å²) in [4.78, 5) is 2.15. The topological polar surface area (TPSA) is 41.9 Å². The highest BCUT2D eigenvalue weighted by Crippen LogP contribution is 2.22. The molecule has 1 heterocycles. The molecule has 0 radical (unpaired) electrons. The lowest BCUT2D eigenvalue weighted by Crippen LogP contribution is -2.43. The molecule has 2 aromatic carbocycles. The van der Waals surface area contributed by atoms with Gasteiger partial charge in [-0.15, -0.1) is 0 Å².